The molecule has 0 amide bonds. The molecule has 0 saturated heterocycles. The molecule has 2 aromatic heterocycles. The summed E-state index contributed by atoms with van der Waals surface area (Å²) < 4.78 is 8.87. The molecular formula is C58H38N2O. The van der Waals surface area contributed by atoms with Gasteiger partial charge in [-0.25, -0.2) is 0 Å². The maximum Gasteiger partial charge on any atom is 0.143 e. The van der Waals surface area contributed by atoms with Crippen LogP contribution in [0.5, 0.6) is 0 Å². The molecule has 0 fully saturated rings. The second-order valence-corrected chi connectivity index (χ2v) is 15.7. The van der Waals surface area contributed by atoms with Crippen LogP contribution in [0.3, 0.4) is 0 Å². The van der Waals surface area contributed by atoms with Crippen LogP contribution in [0.1, 0.15) is 0 Å². The van der Waals surface area contributed by atoms with Crippen LogP contribution in [0.2, 0.25) is 0 Å². The van der Waals surface area contributed by atoms with Crippen LogP contribution in [0.15, 0.2) is 235 Å². The summed E-state index contributed by atoms with van der Waals surface area (Å²) in [5.74, 6) is 0. The first-order valence-electron chi connectivity index (χ1n) is 20.8. The van der Waals surface area contributed by atoms with Crippen LogP contribution in [0.25, 0.3) is 93.6 Å². The number of anilines is 3. The highest BCUT2D eigenvalue weighted by atomic mass is 16.3. The maximum atomic E-state index is 6.43. The first-order chi connectivity index (χ1) is 30.2. The number of furan rings is 1. The molecule has 0 radical (unpaired) electrons. The van der Waals surface area contributed by atoms with E-state index < -0.39 is 0 Å². The molecule has 0 bridgehead atoms. The van der Waals surface area contributed by atoms with E-state index in [1.165, 1.54) is 49.3 Å². The normalized spacial score (nSPS) is 11.6. The molecule has 0 atom stereocenters. The van der Waals surface area contributed by atoms with Crippen LogP contribution >= 0.6 is 0 Å². The molecule has 61 heavy (non-hydrogen) atoms. The molecule has 286 valence electrons. The van der Waals surface area contributed by atoms with E-state index in [-0.39, 0.29) is 0 Å². The van der Waals surface area contributed by atoms with Crippen molar-refractivity contribution in [1.29, 1.82) is 0 Å². The number of benzene rings is 10. The zero-order valence-electron chi connectivity index (χ0n) is 33.2. The molecule has 0 spiro atoms. The van der Waals surface area contributed by atoms with Gasteiger partial charge in [-0.3, -0.25) is 0 Å². The summed E-state index contributed by atoms with van der Waals surface area (Å²) >= 11 is 0. The lowest BCUT2D eigenvalue weighted by atomic mass is 9.97. The van der Waals surface area contributed by atoms with Crippen molar-refractivity contribution in [3.05, 3.63) is 231 Å². The zero-order chi connectivity index (χ0) is 40.3. The third kappa shape index (κ3) is 5.90. The van der Waals surface area contributed by atoms with Gasteiger partial charge in [-0.15, -0.1) is 0 Å². The average Bonchev–Trinajstić information content (AvgIpc) is 3.88. The van der Waals surface area contributed by atoms with Gasteiger partial charge in [0, 0.05) is 49.7 Å². The first-order valence-corrected chi connectivity index (χ1v) is 20.8. The molecule has 0 unspecified atom stereocenters. The van der Waals surface area contributed by atoms with Crippen molar-refractivity contribution in [2.75, 3.05) is 4.90 Å². The molecule has 0 saturated carbocycles. The van der Waals surface area contributed by atoms with E-state index in [1.807, 2.05) is 12.1 Å². The van der Waals surface area contributed by atoms with Crippen molar-refractivity contribution in [3.63, 3.8) is 0 Å². The SMILES string of the molecule is c1ccc(-c2ccc(-c3ccc(N(c4ccc(-c5cccc6c5oc5ccccc56)cc4)c4ccc5ccccc5c4)cc3)c(-n3c4ccccc4c4ccccc43)c2)cc1. The highest BCUT2D eigenvalue weighted by molar-refractivity contribution is 6.11. The predicted octanol–water partition coefficient (Wildman–Crippen LogP) is 16.3. The van der Waals surface area contributed by atoms with Crippen molar-refractivity contribution < 1.29 is 4.42 Å². The fourth-order valence-electron chi connectivity index (χ4n) is 9.27. The van der Waals surface area contributed by atoms with Gasteiger partial charge in [0.05, 0.1) is 16.7 Å². The molecule has 12 aromatic rings. The molecule has 2 heterocycles. The quantitative estimate of drug-likeness (QED) is 0.161. The summed E-state index contributed by atoms with van der Waals surface area (Å²) in [4.78, 5) is 2.36. The van der Waals surface area contributed by atoms with Crippen LogP contribution in [-0.4, -0.2) is 4.57 Å². The number of rotatable bonds is 7. The predicted molar refractivity (Wildman–Crippen MR) is 257 cm³/mol. The number of aromatic nitrogens is 1. The molecule has 3 nitrogen and oxygen atoms in total. The van der Waals surface area contributed by atoms with Crippen molar-refractivity contribution in [1.82, 2.24) is 4.57 Å². The summed E-state index contributed by atoms with van der Waals surface area (Å²) in [6.45, 7) is 0. The lowest BCUT2D eigenvalue weighted by Crippen LogP contribution is -2.10. The molecule has 12 rings (SSSR count). The van der Waals surface area contributed by atoms with E-state index in [4.69, 9.17) is 4.42 Å². The Morgan fingerprint density at radius 3 is 1.61 bits per heavy atom. The molecule has 0 N–H and O–H groups in total. The van der Waals surface area contributed by atoms with Gasteiger partial charge in [0.1, 0.15) is 11.2 Å². The van der Waals surface area contributed by atoms with Gasteiger partial charge in [-0.2, -0.15) is 0 Å². The number of para-hydroxylation sites is 4. The van der Waals surface area contributed by atoms with E-state index in [0.29, 0.717) is 0 Å². The van der Waals surface area contributed by atoms with Crippen LogP contribution in [0.4, 0.5) is 17.1 Å². The third-order valence-corrected chi connectivity index (χ3v) is 12.2. The van der Waals surface area contributed by atoms with Gasteiger partial charge in [-0.05, 0) is 93.7 Å². The number of fused-ring (bicyclic) bond motifs is 7. The smallest absolute Gasteiger partial charge is 0.143 e. The minimum absolute atomic E-state index is 0.904. The lowest BCUT2D eigenvalue weighted by Gasteiger charge is -2.26. The molecular weight excluding hydrogens is 741 g/mol. The van der Waals surface area contributed by atoms with E-state index in [2.05, 4.69) is 228 Å². The van der Waals surface area contributed by atoms with E-state index in [1.54, 1.807) is 0 Å². The number of nitrogens with zero attached hydrogens (tertiary/aromatic N) is 2. The Morgan fingerprint density at radius 2 is 0.885 bits per heavy atom. The van der Waals surface area contributed by atoms with Gasteiger partial charge in [0.2, 0.25) is 0 Å². The summed E-state index contributed by atoms with van der Waals surface area (Å²) in [7, 11) is 0. The Bertz CT molecular complexity index is 3520. The van der Waals surface area contributed by atoms with Crippen LogP contribution in [-0.2, 0) is 0 Å². The standard InChI is InChI=1S/C58H38N2O/c1-2-13-39(14-3-1)44-30-36-48(56(38-44)60-54-22-9-6-17-50(54)51-18-7-10-23-55(51)60)41-26-31-45(32-27-41)59(47-35-25-40-15-4-5-16-43(40)37-47)46-33-28-42(29-34-46)49-20-12-21-53-52-19-8-11-24-57(52)61-58(49)53/h1-38H. The summed E-state index contributed by atoms with van der Waals surface area (Å²) in [5.41, 5.74) is 15.5. The van der Waals surface area contributed by atoms with Gasteiger partial charge >= 0.3 is 0 Å². The van der Waals surface area contributed by atoms with Gasteiger partial charge in [0.15, 0.2) is 0 Å². The monoisotopic (exact) mass is 778 g/mol. The number of hydrogen-bond donors (Lipinski definition) is 0. The zero-order valence-corrected chi connectivity index (χ0v) is 33.2. The first kappa shape index (κ1) is 34.9. The molecule has 3 heteroatoms. The maximum absolute atomic E-state index is 6.43. The van der Waals surface area contributed by atoms with Crippen molar-refractivity contribution in [3.8, 4) is 39.1 Å². The van der Waals surface area contributed by atoms with Gasteiger partial charge < -0.3 is 13.9 Å². The Balaban J connectivity index is 0.991. The summed E-state index contributed by atoms with van der Waals surface area (Å²) in [6.07, 6.45) is 0. The van der Waals surface area contributed by atoms with Crippen LogP contribution in [0, 0.1) is 0 Å². The van der Waals surface area contributed by atoms with E-state index in [9.17, 15) is 0 Å². The average molecular weight is 779 g/mol. The summed E-state index contributed by atoms with van der Waals surface area (Å²) in [5, 5.41) is 7.17. The fraction of sp³-hybridized carbons (Fsp3) is 0. The van der Waals surface area contributed by atoms with Gasteiger partial charge in [0.25, 0.3) is 0 Å². The molecule has 10 aromatic carbocycles. The fourth-order valence-corrected chi connectivity index (χ4v) is 9.27. The molecule has 0 aliphatic rings. The number of hydrogen-bond acceptors (Lipinski definition) is 2. The Hall–Kier alpha value is -8.14. The van der Waals surface area contributed by atoms with Crippen LogP contribution < -0.4 is 4.90 Å². The largest absolute Gasteiger partial charge is 0.455 e. The van der Waals surface area contributed by atoms with Crippen molar-refractivity contribution >= 4 is 71.6 Å². The molecule has 0 aliphatic carbocycles. The minimum Gasteiger partial charge on any atom is -0.455 e. The second kappa shape index (κ2) is 14.3. The topological polar surface area (TPSA) is 21.3 Å². The molecule has 0 aliphatic heterocycles. The minimum atomic E-state index is 0.904. The lowest BCUT2D eigenvalue weighted by molar-refractivity contribution is 0.670. The van der Waals surface area contributed by atoms with Gasteiger partial charge in [-0.1, -0.05) is 170 Å². The van der Waals surface area contributed by atoms with Crippen molar-refractivity contribution in [2.45, 2.75) is 0 Å². The Labute approximate surface area is 353 Å². The second-order valence-electron chi connectivity index (χ2n) is 15.7. The highest BCUT2D eigenvalue weighted by Crippen LogP contribution is 2.42. The Kier molecular flexibility index (Phi) is 8.17. The Morgan fingerprint density at radius 1 is 0.328 bits per heavy atom. The third-order valence-electron chi connectivity index (χ3n) is 12.2. The summed E-state index contributed by atoms with van der Waals surface area (Å²) in [6, 6.07) is 83.0. The highest BCUT2D eigenvalue weighted by Gasteiger charge is 2.19. The van der Waals surface area contributed by atoms with E-state index in [0.717, 1.165) is 61.4 Å². The van der Waals surface area contributed by atoms with Crippen molar-refractivity contribution in [2.24, 2.45) is 0 Å². The van der Waals surface area contributed by atoms with E-state index >= 15 is 0 Å².